The van der Waals surface area contributed by atoms with Crippen LogP contribution in [0.15, 0.2) is 30.3 Å². The van der Waals surface area contributed by atoms with E-state index in [1.54, 1.807) is 6.07 Å². The van der Waals surface area contributed by atoms with E-state index in [1.807, 2.05) is 24.3 Å². The van der Waals surface area contributed by atoms with Crippen LogP contribution in [0.4, 0.5) is 11.6 Å². The van der Waals surface area contributed by atoms with Gasteiger partial charge < -0.3 is 11.1 Å². The van der Waals surface area contributed by atoms with Crippen LogP contribution in [-0.4, -0.2) is 9.97 Å². The quantitative estimate of drug-likeness (QED) is 0.880. The number of hydrogen-bond acceptors (Lipinski definition) is 4. The molecule has 100 valence electrons. The predicted molar refractivity (Wildman–Crippen MR) is 79.2 cm³/mol. The van der Waals surface area contributed by atoms with Gasteiger partial charge in [0.1, 0.15) is 17.5 Å². The van der Waals surface area contributed by atoms with Crippen molar-refractivity contribution in [3.05, 3.63) is 46.7 Å². The largest absolute Gasteiger partial charge is 0.384 e. The molecule has 4 nitrogen and oxygen atoms in total. The van der Waals surface area contributed by atoms with Crippen molar-refractivity contribution in [3.8, 4) is 0 Å². The van der Waals surface area contributed by atoms with E-state index in [0.29, 0.717) is 12.4 Å². The molecule has 5 heteroatoms. The molecule has 0 bridgehead atoms. The topological polar surface area (TPSA) is 63.8 Å². The lowest BCUT2D eigenvalue weighted by atomic mass is 10.2. The first kappa shape index (κ1) is 13.6. The van der Waals surface area contributed by atoms with Gasteiger partial charge in [-0.1, -0.05) is 30.7 Å². The Kier molecular flexibility index (Phi) is 4.58. The van der Waals surface area contributed by atoms with Crippen molar-refractivity contribution in [2.24, 2.45) is 0 Å². The molecule has 0 radical (unpaired) electrons. The summed E-state index contributed by atoms with van der Waals surface area (Å²) in [6.07, 6.45) is 1.83. The van der Waals surface area contributed by atoms with E-state index in [2.05, 4.69) is 22.2 Å². The third kappa shape index (κ3) is 4.10. The van der Waals surface area contributed by atoms with Crippen molar-refractivity contribution >= 4 is 23.2 Å². The van der Waals surface area contributed by atoms with E-state index < -0.39 is 0 Å². The third-order valence-electron chi connectivity index (χ3n) is 2.63. The molecule has 0 aliphatic heterocycles. The molecule has 2 rings (SSSR count). The number of nitrogens with zero attached hydrogens (tertiary/aromatic N) is 2. The van der Waals surface area contributed by atoms with Gasteiger partial charge in [-0.3, -0.25) is 0 Å². The van der Waals surface area contributed by atoms with Gasteiger partial charge in [0.2, 0.25) is 0 Å². The first-order valence-electron chi connectivity index (χ1n) is 6.29. The third-order valence-corrected chi connectivity index (χ3v) is 2.86. The Bertz CT molecular complexity index is 557. The fourth-order valence-corrected chi connectivity index (χ4v) is 2.00. The Morgan fingerprint density at radius 1 is 1.26 bits per heavy atom. The summed E-state index contributed by atoms with van der Waals surface area (Å²) in [5.41, 5.74) is 6.87. The normalized spacial score (nSPS) is 10.4. The van der Waals surface area contributed by atoms with Crippen LogP contribution in [0.3, 0.4) is 0 Å². The maximum Gasteiger partial charge on any atom is 0.133 e. The fourth-order valence-electron chi connectivity index (χ4n) is 1.78. The summed E-state index contributed by atoms with van der Waals surface area (Å²) >= 11 is 5.94. The van der Waals surface area contributed by atoms with E-state index in [0.717, 1.165) is 35.1 Å². The number of halogens is 1. The second kappa shape index (κ2) is 6.38. The minimum absolute atomic E-state index is 0.493. The molecule has 0 amide bonds. The molecule has 2 aromatic rings. The number of aromatic nitrogens is 2. The molecule has 0 fully saturated rings. The average Bonchev–Trinajstić information content (AvgIpc) is 2.36. The van der Waals surface area contributed by atoms with Crippen LogP contribution in [0, 0.1) is 0 Å². The molecule has 1 aromatic carbocycles. The molecule has 0 aliphatic rings. The highest BCUT2D eigenvalue weighted by Gasteiger charge is 2.02. The van der Waals surface area contributed by atoms with Gasteiger partial charge in [-0.2, -0.15) is 0 Å². The Hall–Kier alpha value is -1.81. The standard InChI is InChI=1S/C14H17ClN4/c1-2-4-13-18-12(16)8-14(19-13)17-9-10-5-3-6-11(15)7-10/h3,5-8H,2,4,9H2,1H3,(H3,16,17,18,19). The van der Waals surface area contributed by atoms with Gasteiger partial charge in [0.05, 0.1) is 0 Å². The molecule has 0 atom stereocenters. The summed E-state index contributed by atoms with van der Waals surface area (Å²) in [4.78, 5) is 8.62. The summed E-state index contributed by atoms with van der Waals surface area (Å²) in [6.45, 7) is 2.74. The summed E-state index contributed by atoms with van der Waals surface area (Å²) in [7, 11) is 0. The van der Waals surface area contributed by atoms with E-state index in [4.69, 9.17) is 17.3 Å². The summed E-state index contributed by atoms with van der Waals surface area (Å²) in [6, 6.07) is 9.45. The molecular weight excluding hydrogens is 260 g/mol. The lowest BCUT2D eigenvalue weighted by molar-refractivity contribution is 0.836. The first-order valence-corrected chi connectivity index (χ1v) is 6.67. The number of nitrogens with one attached hydrogen (secondary N) is 1. The number of rotatable bonds is 5. The highest BCUT2D eigenvalue weighted by atomic mass is 35.5. The van der Waals surface area contributed by atoms with Crippen LogP contribution in [0.5, 0.6) is 0 Å². The predicted octanol–water partition coefficient (Wildman–Crippen LogP) is 3.28. The Morgan fingerprint density at radius 3 is 2.84 bits per heavy atom. The zero-order valence-electron chi connectivity index (χ0n) is 10.9. The van der Waals surface area contributed by atoms with Crippen molar-refractivity contribution in [3.63, 3.8) is 0 Å². The molecule has 0 spiro atoms. The van der Waals surface area contributed by atoms with Crippen LogP contribution in [0.2, 0.25) is 5.02 Å². The van der Waals surface area contributed by atoms with Gasteiger partial charge in [-0.05, 0) is 24.1 Å². The van der Waals surface area contributed by atoms with Crippen LogP contribution < -0.4 is 11.1 Å². The lowest BCUT2D eigenvalue weighted by Gasteiger charge is -2.08. The van der Waals surface area contributed by atoms with Gasteiger partial charge in [0.25, 0.3) is 0 Å². The summed E-state index contributed by atoms with van der Waals surface area (Å²) in [5.74, 6) is 2.01. The minimum atomic E-state index is 0.493. The minimum Gasteiger partial charge on any atom is -0.384 e. The average molecular weight is 277 g/mol. The fraction of sp³-hybridized carbons (Fsp3) is 0.286. The summed E-state index contributed by atoms with van der Waals surface area (Å²) in [5, 5.41) is 3.97. The number of aryl methyl sites for hydroxylation is 1. The summed E-state index contributed by atoms with van der Waals surface area (Å²) < 4.78 is 0. The molecular formula is C14H17ClN4. The Balaban J connectivity index is 2.06. The van der Waals surface area contributed by atoms with Gasteiger partial charge in [0.15, 0.2) is 0 Å². The maximum atomic E-state index is 5.94. The Morgan fingerprint density at radius 2 is 2.11 bits per heavy atom. The molecule has 0 saturated carbocycles. The molecule has 19 heavy (non-hydrogen) atoms. The lowest BCUT2D eigenvalue weighted by Crippen LogP contribution is -2.06. The Labute approximate surface area is 118 Å². The van der Waals surface area contributed by atoms with Crippen LogP contribution >= 0.6 is 11.6 Å². The highest BCUT2D eigenvalue weighted by Crippen LogP contribution is 2.14. The van der Waals surface area contributed by atoms with Gasteiger partial charge in [0, 0.05) is 24.1 Å². The molecule has 0 saturated heterocycles. The zero-order valence-corrected chi connectivity index (χ0v) is 11.6. The molecule has 0 unspecified atom stereocenters. The van der Waals surface area contributed by atoms with Crippen molar-refractivity contribution in [1.82, 2.24) is 9.97 Å². The van der Waals surface area contributed by atoms with Crippen molar-refractivity contribution < 1.29 is 0 Å². The van der Waals surface area contributed by atoms with Crippen molar-refractivity contribution in [2.75, 3.05) is 11.1 Å². The van der Waals surface area contributed by atoms with Crippen LogP contribution in [0.1, 0.15) is 24.7 Å². The molecule has 3 N–H and O–H groups in total. The number of nitrogen functional groups attached to an aromatic ring is 1. The first-order chi connectivity index (χ1) is 9.17. The number of benzene rings is 1. The van der Waals surface area contributed by atoms with E-state index in [1.165, 1.54) is 0 Å². The second-order valence-corrected chi connectivity index (χ2v) is 4.76. The number of anilines is 2. The molecule has 0 aliphatic carbocycles. The highest BCUT2D eigenvalue weighted by molar-refractivity contribution is 6.30. The smallest absolute Gasteiger partial charge is 0.133 e. The molecule has 1 heterocycles. The van der Waals surface area contributed by atoms with Crippen molar-refractivity contribution in [1.29, 1.82) is 0 Å². The van der Waals surface area contributed by atoms with E-state index in [-0.39, 0.29) is 0 Å². The van der Waals surface area contributed by atoms with Crippen LogP contribution in [-0.2, 0) is 13.0 Å². The SMILES string of the molecule is CCCc1nc(N)cc(NCc2cccc(Cl)c2)n1. The molecule has 1 aromatic heterocycles. The zero-order chi connectivity index (χ0) is 13.7. The van der Waals surface area contributed by atoms with Crippen molar-refractivity contribution in [2.45, 2.75) is 26.3 Å². The van der Waals surface area contributed by atoms with Crippen LogP contribution in [0.25, 0.3) is 0 Å². The van der Waals surface area contributed by atoms with Gasteiger partial charge >= 0.3 is 0 Å². The maximum absolute atomic E-state index is 5.94. The van der Waals surface area contributed by atoms with Gasteiger partial charge in [-0.25, -0.2) is 9.97 Å². The van der Waals surface area contributed by atoms with E-state index in [9.17, 15) is 0 Å². The number of hydrogen-bond donors (Lipinski definition) is 2. The monoisotopic (exact) mass is 276 g/mol. The number of nitrogens with two attached hydrogens (primary N) is 1. The van der Waals surface area contributed by atoms with E-state index >= 15 is 0 Å². The van der Waals surface area contributed by atoms with Gasteiger partial charge in [-0.15, -0.1) is 0 Å². The second-order valence-electron chi connectivity index (χ2n) is 4.33.